The molecule has 1 N–H and O–H groups in total. The van der Waals surface area contributed by atoms with Crippen molar-refractivity contribution in [3.05, 3.63) is 71.7 Å². The SMILES string of the molecule is Cc1nc2ncnn2c(Nc2ccc3c(c2)OCCO3)c1Cc1ccccc1. The van der Waals surface area contributed by atoms with E-state index in [-0.39, 0.29) is 0 Å². The molecule has 140 valence electrons. The van der Waals surface area contributed by atoms with Crippen LogP contribution in [-0.4, -0.2) is 32.8 Å². The van der Waals surface area contributed by atoms with Gasteiger partial charge >= 0.3 is 0 Å². The van der Waals surface area contributed by atoms with Gasteiger partial charge in [-0.3, -0.25) is 0 Å². The van der Waals surface area contributed by atoms with Gasteiger partial charge in [-0.15, -0.1) is 0 Å². The number of ether oxygens (including phenoxy) is 2. The summed E-state index contributed by atoms with van der Waals surface area (Å²) < 4.78 is 13.1. The first-order chi connectivity index (χ1) is 13.8. The van der Waals surface area contributed by atoms with Gasteiger partial charge in [0.15, 0.2) is 11.5 Å². The molecule has 0 radical (unpaired) electrons. The number of benzene rings is 2. The molecule has 2 aromatic heterocycles. The monoisotopic (exact) mass is 373 g/mol. The summed E-state index contributed by atoms with van der Waals surface area (Å²) in [5, 5.41) is 7.87. The van der Waals surface area contributed by atoms with E-state index in [9.17, 15) is 0 Å². The Labute approximate surface area is 162 Å². The van der Waals surface area contributed by atoms with Crippen molar-refractivity contribution in [3.8, 4) is 11.5 Å². The van der Waals surface area contributed by atoms with Gasteiger partial charge in [-0.05, 0) is 24.6 Å². The van der Waals surface area contributed by atoms with E-state index in [0.29, 0.717) is 19.0 Å². The van der Waals surface area contributed by atoms with Gasteiger partial charge in [-0.1, -0.05) is 30.3 Å². The van der Waals surface area contributed by atoms with Crippen LogP contribution in [0.15, 0.2) is 54.9 Å². The van der Waals surface area contributed by atoms with Gasteiger partial charge in [0.1, 0.15) is 25.4 Å². The largest absolute Gasteiger partial charge is 0.486 e. The summed E-state index contributed by atoms with van der Waals surface area (Å²) in [6.45, 7) is 3.13. The molecule has 3 heterocycles. The van der Waals surface area contributed by atoms with Crippen LogP contribution in [0.4, 0.5) is 11.5 Å². The molecule has 0 fully saturated rings. The smallest absolute Gasteiger partial charge is 0.254 e. The van der Waals surface area contributed by atoms with Crippen molar-refractivity contribution >= 4 is 17.3 Å². The van der Waals surface area contributed by atoms with Crippen molar-refractivity contribution in [2.24, 2.45) is 0 Å². The highest BCUT2D eigenvalue weighted by molar-refractivity contribution is 5.66. The molecule has 0 amide bonds. The number of fused-ring (bicyclic) bond motifs is 2. The minimum absolute atomic E-state index is 0.553. The lowest BCUT2D eigenvalue weighted by molar-refractivity contribution is 0.171. The van der Waals surface area contributed by atoms with Crippen LogP contribution < -0.4 is 14.8 Å². The second-order valence-corrected chi connectivity index (χ2v) is 6.64. The Kier molecular flexibility index (Phi) is 4.05. The molecule has 4 aromatic rings. The summed E-state index contributed by atoms with van der Waals surface area (Å²) in [6.07, 6.45) is 2.26. The lowest BCUT2D eigenvalue weighted by Gasteiger charge is -2.20. The average Bonchev–Trinajstić information content (AvgIpc) is 3.19. The van der Waals surface area contributed by atoms with Crippen LogP contribution in [0.1, 0.15) is 16.8 Å². The number of anilines is 2. The highest BCUT2D eigenvalue weighted by atomic mass is 16.6. The molecule has 2 aromatic carbocycles. The minimum Gasteiger partial charge on any atom is -0.486 e. The second-order valence-electron chi connectivity index (χ2n) is 6.64. The summed E-state index contributed by atoms with van der Waals surface area (Å²) >= 11 is 0. The molecule has 0 unspecified atom stereocenters. The molecule has 0 bridgehead atoms. The van der Waals surface area contributed by atoms with E-state index in [2.05, 4.69) is 32.5 Å². The molecule has 0 saturated heterocycles. The third-order valence-corrected chi connectivity index (χ3v) is 4.76. The zero-order valence-electron chi connectivity index (χ0n) is 15.4. The van der Waals surface area contributed by atoms with Gasteiger partial charge in [-0.25, -0.2) is 4.98 Å². The number of aromatic nitrogens is 4. The van der Waals surface area contributed by atoms with Crippen molar-refractivity contribution in [1.29, 1.82) is 0 Å². The predicted molar refractivity (Wildman–Crippen MR) is 105 cm³/mol. The normalized spacial score (nSPS) is 12.9. The molecule has 0 atom stereocenters. The van der Waals surface area contributed by atoms with Crippen LogP contribution in [-0.2, 0) is 6.42 Å². The van der Waals surface area contributed by atoms with Crippen molar-refractivity contribution in [2.75, 3.05) is 18.5 Å². The van der Waals surface area contributed by atoms with Crippen molar-refractivity contribution in [1.82, 2.24) is 19.6 Å². The maximum absolute atomic E-state index is 5.71. The topological polar surface area (TPSA) is 73.6 Å². The minimum atomic E-state index is 0.553. The zero-order chi connectivity index (χ0) is 18.9. The summed E-state index contributed by atoms with van der Waals surface area (Å²) in [5.41, 5.74) is 4.08. The standard InChI is InChI=1S/C21H19N5O2/c1-14-17(11-15-5-3-2-4-6-15)20(26-21(24-14)22-13-23-26)25-16-7-8-18-19(12-16)28-10-9-27-18/h2-8,12-13,25H,9-11H2,1H3. The predicted octanol–water partition coefficient (Wildman–Crippen LogP) is 3.54. The summed E-state index contributed by atoms with van der Waals surface area (Å²) in [4.78, 5) is 8.87. The molecule has 1 aliphatic rings. The van der Waals surface area contributed by atoms with Crippen molar-refractivity contribution < 1.29 is 9.47 Å². The number of rotatable bonds is 4. The first-order valence-electron chi connectivity index (χ1n) is 9.18. The van der Waals surface area contributed by atoms with Gasteiger partial charge < -0.3 is 14.8 Å². The Balaban J connectivity index is 1.59. The van der Waals surface area contributed by atoms with Gasteiger partial charge in [0.2, 0.25) is 0 Å². The molecule has 7 heteroatoms. The fourth-order valence-electron chi connectivity index (χ4n) is 3.38. The van der Waals surface area contributed by atoms with Crippen LogP contribution in [0.2, 0.25) is 0 Å². The van der Waals surface area contributed by atoms with E-state index in [4.69, 9.17) is 9.47 Å². The summed E-state index contributed by atoms with van der Waals surface area (Å²) in [5.74, 6) is 2.91. The summed E-state index contributed by atoms with van der Waals surface area (Å²) in [7, 11) is 0. The maximum Gasteiger partial charge on any atom is 0.254 e. The van der Waals surface area contributed by atoms with Crippen LogP contribution in [0.25, 0.3) is 5.78 Å². The number of hydrogen-bond donors (Lipinski definition) is 1. The Morgan fingerprint density at radius 3 is 2.71 bits per heavy atom. The highest BCUT2D eigenvalue weighted by Gasteiger charge is 2.17. The zero-order valence-corrected chi connectivity index (χ0v) is 15.4. The van der Waals surface area contributed by atoms with Gasteiger partial charge in [0, 0.05) is 29.4 Å². The molecule has 0 spiro atoms. The Morgan fingerprint density at radius 1 is 1.04 bits per heavy atom. The third kappa shape index (κ3) is 3.00. The molecule has 0 aliphatic carbocycles. The fourth-order valence-corrected chi connectivity index (χ4v) is 3.38. The third-order valence-electron chi connectivity index (χ3n) is 4.76. The lowest BCUT2D eigenvalue weighted by Crippen LogP contribution is -2.15. The first-order valence-corrected chi connectivity index (χ1v) is 9.18. The molecule has 5 rings (SSSR count). The second kappa shape index (κ2) is 6.84. The van der Waals surface area contributed by atoms with E-state index in [1.165, 1.54) is 11.9 Å². The number of hydrogen-bond acceptors (Lipinski definition) is 6. The van der Waals surface area contributed by atoms with Gasteiger partial charge in [0.25, 0.3) is 5.78 Å². The molecule has 7 nitrogen and oxygen atoms in total. The van der Waals surface area contributed by atoms with E-state index >= 15 is 0 Å². The Hall–Kier alpha value is -3.61. The van der Waals surface area contributed by atoms with E-state index in [1.54, 1.807) is 4.52 Å². The van der Waals surface area contributed by atoms with Crippen LogP contribution in [0.3, 0.4) is 0 Å². The van der Waals surface area contributed by atoms with E-state index in [1.807, 2.05) is 43.3 Å². The average molecular weight is 373 g/mol. The van der Waals surface area contributed by atoms with E-state index in [0.717, 1.165) is 40.7 Å². The number of nitrogens with zero attached hydrogens (tertiary/aromatic N) is 4. The molecule has 28 heavy (non-hydrogen) atoms. The molecule has 0 saturated carbocycles. The number of aryl methyl sites for hydroxylation is 1. The molecule has 1 aliphatic heterocycles. The summed E-state index contributed by atoms with van der Waals surface area (Å²) in [6, 6.07) is 16.2. The molecular formula is C21H19N5O2. The van der Waals surface area contributed by atoms with E-state index < -0.39 is 0 Å². The lowest BCUT2D eigenvalue weighted by atomic mass is 10.0. The van der Waals surface area contributed by atoms with Crippen LogP contribution >= 0.6 is 0 Å². The first kappa shape index (κ1) is 16.6. The maximum atomic E-state index is 5.71. The van der Waals surface area contributed by atoms with Crippen molar-refractivity contribution in [2.45, 2.75) is 13.3 Å². The van der Waals surface area contributed by atoms with Gasteiger partial charge in [-0.2, -0.15) is 14.6 Å². The van der Waals surface area contributed by atoms with Crippen LogP contribution in [0, 0.1) is 6.92 Å². The molecular weight excluding hydrogens is 354 g/mol. The van der Waals surface area contributed by atoms with Gasteiger partial charge in [0.05, 0.1) is 0 Å². The van der Waals surface area contributed by atoms with Crippen LogP contribution in [0.5, 0.6) is 11.5 Å². The fraction of sp³-hybridized carbons (Fsp3) is 0.190. The van der Waals surface area contributed by atoms with Crippen molar-refractivity contribution in [3.63, 3.8) is 0 Å². The highest BCUT2D eigenvalue weighted by Crippen LogP contribution is 2.34. The Bertz CT molecular complexity index is 1140. The quantitative estimate of drug-likeness (QED) is 0.590. The number of nitrogens with one attached hydrogen (secondary N) is 1. The Morgan fingerprint density at radius 2 is 1.86 bits per heavy atom.